The number of aromatic nitrogens is 2. The molecule has 37 heavy (non-hydrogen) atoms. The van der Waals surface area contributed by atoms with Crippen LogP contribution in [-0.2, 0) is 17.4 Å². The van der Waals surface area contributed by atoms with E-state index in [0.717, 1.165) is 38.3 Å². The average molecular weight is 520 g/mol. The highest BCUT2D eigenvalue weighted by Crippen LogP contribution is 2.63. The lowest BCUT2D eigenvalue weighted by Crippen LogP contribution is -2.43. The lowest BCUT2D eigenvalue weighted by molar-refractivity contribution is -0.138. The van der Waals surface area contributed by atoms with Crippen molar-refractivity contribution >= 4 is 23.5 Å². The maximum atomic E-state index is 13.8. The van der Waals surface area contributed by atoms with Crippen molar-refractivity contribution in [3.05, 3.63) is 41.2 Å². The first kappa shape index (κ1) is 26.7. The number of rotatable bonds is 8. The summed E-state index contributed by atoms with van der Waals surface area (Å²) in [6.07, 6.45) is 1.85. The molecule has 3 N–H and O–H groups in total. The molecule has 11 heteroatoms. The molecule has 2 aliphatic carbocycles. The second-order valence-electron chi connectivity index (χ2n) is 9.84. The number of hydrogen-bond donors (Lipinski definition) is 3. The topological polar surface area (TPSA) is 105 Å². The van der Waals surface area contributed by atoms with Crippen LogP contribution < -0.4 is 20.7 Å². The molecule has 2 aromatic rings. The molecule has 0 aliphatic heterocycles. The molecule has 200 valence electrons. The number of hydrogen-bond acceptors (Lipinski definition) is 6. The Balaban J connectivity index is 1.53. The number of amides is 2. The van der Waals surface area contributed by atoms with Crippen molar-refractivity contribution < 1.29 is 27.5 Å². The van der Waals surface area contributed by atoms with Crippen LogP contribution in [0.15, 0.2) is 24.4 Å². The molecule has 4 rings (SSSR count). The first-order chi connectivity index (χ1) is 17.6. The molecule has 0 bridgehead atoms. The van der Waals surface area contributed by atoms with Crippen molar-refractivity contribution in [2.45, 2.75) is 64.1 Å². The molecule has 0 unspecified atom stereocenters. The number of methoxy groups -OCH3 is 1. The second-order valence-corrected chi connectivity index (χ2v) is 9.84. The van der Waals surface area contributed by atoms with E-state index in [1.54, 1.807) is 12.1 Å². The zero-order chi connectivity index (χ0) is 26.8. The van der Waals surface area contributed by atoms with E-state index in [-0.39, 0.29) is 47.3 Å². The number of carbonyl (C=O) groups excluding carboxylic acids is 2. The highest BCUT2D eigenvalue weighted by molar-refractivity contribution is 5.95. The number of carbonyl (C=O) groups is 2. The molecule has 0 saturated heterocycles. The van der Waals surface area contributed by atoms with E-state index in [1.165, 1.54) is 27.1 Å². The van der Waals surface area contributed by atoms with Crippen molar-refractivity contribution in [3.8, 4) is 5.75 Å². The summed E-state index contributed by atoms with van der Waals surface area (Å²) in [5.74, 6) is 0.214. The Kier molecular flexibility index (Phi) is 7.61. The Morgan fingerprint density at radius 1 is 1.24 bits per heavy atom. The first-order valence-corrected chi connectivity index (χ1v) is 12.4. The lowest BCUT2D eigenvalue weighted by atomic mass is 9.79. The van der Waals surface area contributed by atoms with Gasteiger partial charge in [0, 0.05) is 31.8 Å². The molecule has 2 amide bonds. The van der Waals surface area contributed by atoms with Gasteiger partial charge in [0.05, 0.1) is 24.1 Å². The third-order valence-electron chi connectivity index (χ3n) is 7.58. The SMILES string of the molecule is CNC(=O)c1ccc(Nc2ncc(C(F)(F)F)c(CC[C@@H]3C[C@@]34CCCC[C@H]4NC(C)=O)n2)c(OC)c1. The number of anilines is 2. The highest BCUT2D eigenvalue weighted by atomic mass is 19.4. The summed E-state index contributed by atoms with van der Waals surface area (Å²) in [5, 5.41) is 8.51. The summed E-state index contributed by atoms with van der Waals surface area (Å²) >= 11 is 0. The van der Waals surface area contributed by atoms with Crippen LogP contribution in [0.4, 0.5) is 24.8 Å². The molecule has 1 aromatic carbocycles. The molecule has 1 spiro atoms. The van der Waals surface area contributed by atoms with Gasteiger partial charge in [-0.1, -0.05) is 12.8 Å². The largest absolute Gasteiger partial charge is 0.495 e. The standard InChI is InChI=1S/C26H32F3N5O3/c1-15(35)32-22-6-4-5-11-25(22)13-17(25)8-10-19-18(26(27,28)29)14-31-24(33-19)34-20-9-7-16(23(36)30-2)12-21(20)37-3/h7,9,12,14,17,22H,4-6,8,10-11,13H2,1-3H3,(H,30,36)(H,32,35)(H,31,33,34)/t17-,22-,25+/m1/s1. The van der Waals surface area contributed by atoms with Crippen molar-refractivity contribution in [1.29, 1.82) is 0 Å². The van der Waals surface area contributed by atoms with Gasteiger partial charge in [-0.05, 0) is 61.6 Å². The summed E-state index contributed by atoms with van der Waals surface area (Å²) < 4.78 is 46.6. The molecule has 8 nitrogen and oxygen atoms in total. The van der Waals surface area contributed by atoms with E-state index >= 15 is 0 Å². The van der Waals surface area contributed by atoms with E-state index in [2.05, 4.69) is 25.9 Å². The molecular formula is C26H32F3N5O3. The number of ether oxygens (including phenoxy) is 1. The number of nitrogens with one attached hydrogen (secondary N) is 3. The van der Waals surface area contributed by atoms with E-state index in [1.807, 2.05) is 0 Å². The van der Waals surface area contributed by atoms with Crippen molar-refractivity contribution in [2.24, 2.45) is 11.3 Å². The van der Waals surface area contributed by atoms with E-state index in [9.17, 15) is 22.8 Å². The molecule has 2 fully saturated rings. The van der Waals surface area contributed by atoms with Gasteiger partial charge < -0.3 is 20.7 Å². The molecule has 3 atom stereocenters. The first-order valence-electron chi connectivity index (χ1n) is 12.4. The zero-order valence-electron chi connectivity index (χ0n) is 21.2. The average Bonchev–Trinajstić information content (AvgIpc) is 3.55. The Hall–Kier alpha value is -3.37. The monoisotopic (exact) mass is 519 g/mol. The van der Waals surface area contributed by atoms with Crippen LogP contribution in [0, 0.1) is 11.3 Å². The van der Waals surface area contributed by atoms with Crippen LogP contribution in [0.3, 0.4) is 0 Å². The third-order valence-corrected chi connectivity index (χ3v) is 7.58. The Morgan fingerprint density at radius 3 is 2.70 bits per heavy atom. The third kappa shape index (κ3) is 5.80. The van der Waals surface area contributed by atoms with Crippen LogP contribution in [0.2, 0.25) is 0 Å². The van der Waals surface area contributed by atoms with Gasteiger partial charge in [-0.3, -0.25) is 9.59 Å². The second kappa shape index (κ2) is 10.5. The van der Waals surface area contributed by atoms with Crippen LogP contribution in [0.5, 0.6) is 5.75 Å². The van der Waals surface area contributed by atoms with Gasteiger partial charge in [0.1, 0.15) is 5.75 Å². The van der Waals surface area contributed by atoms with Crippen LogP contribution in [0.25, 0.3) is 0 Å². The minimum absolute atomic E-state index is 0.00768. The number of nitrogens with zero attached hydrogens (tertiary/aromatic N) is 2. The molecule has 0 radical (unpaired) electrons. The summed E-state index contributed by atoms with van der Waals surface area (Å²) in [7, 11) is 2.94. The number of alkyl halides is 3. The van der Waals surface area contributed by atoms with Crippen molar-refractivity contribution in [2.75, 3.05) is 19.5 Å². The maximum Gasteiger partial charge on any atom is 0.419 e. The van der Waals surface area contributed by atoms with Gasteiger partial charge in [0.15, 0.2) is 0 Å². The Labute approximate surface area is 213 Å². The molecular weight excluding hydrogens is 487 g/mol. The maximum absolute atomic E-state index is 13.8. The van der Waals surface area contributed by atoms with Crippen LogP contribution in [-0.4, -0.2) is 42.0 Å². The molecule has 2 aliphatic rings. The normalized spacial score (nSPS) is 22.9. The Morgan fingerprint density at radius 2 is 2.03 bits per heavy atom. The highest BCUT2D eigenvalue weighted by Gasteiger charge is 2.58. The van der Waals surface area contributed by atoms with Crippen molar-refractivity contribution in [3.63, 3.8) is 0 Å². The van der Waals surface area contributed by atoms with Gasteiger partial charge in [-0.15, -0.1) is 0 Å². The quantitative estimate of drug-likeness (QED) is 0.470. The van der Waals surface area contributed by atoms with Crippen LogP contribution in [0.1, 0.15) is 67.1 Å². The van der Waals surface area contributed by atoms with Gasteiger partial charge >= 0.3 is 6.18 Å². The Bertz CT molecular complexity index is 1170. The summed E-state index contributed by atoms with van der Waals surface area (Å²) in [5.41, 5.74) is -0.146. The fourth-order valence-electron chi connectivity index (χ4n) is 5.66. The number of aryl methyl sites for hydroxylation is 1. The molecule has 2 saturated carbocycles. The minimum atomic E-state index is -4.58. The van der Waals surface area contributed by atoms with Gasteiger partial charge in [-0.25, -0.2) is 9.97 Å². The molecule has 1 aromatic heterocycles. The van der Waals surface area contributed by atoms with E-state index < -0.39 is 11.7 Å². The summed E-state index contributed by atoms with van der Waals surface area (Å²) in [6, 6.07) is 4.76. The van der Waals surface area contributed by atoms with E-state index in [0.29, 0.717) is 23.4 Å². The summed E-state index contributed by atoms with van der Waals surface area (Å²) in [6.45, 7) is 1.51. The van der Waals surface area contributed by atoms with Crippen molar-refractivity contribution in [1.82, 2.24) is 20.6 Å². The number of halogens is 3. The predicted octanol–water partition coefficient (Wildman–Crippen LogP) is 4.62. The van der Waals surface area contributed by atoms with Crippen LogP contribution >= 0.6 is 0 Å². The minimum Gasteiger partial charge on any atom is -0.495 e. The zero-order valence-corrected chi connectivity index (χ0v) is 21.2. The van der Waals surface area contributed by atoms with Gasteiger partial charge in [0.25, 0.3) is 5.91 Å². The summed E-state index contributed by atoms with van der Waals surface area (Å²) in [4.78, 5) is 31.7. The fourth-order valence-corrected chi connectivity index (χ4v) is 5.66. The van der Waals surface area contributed by atoms with E-state index in [4.69, 9.17) is 4.74 Å². The smallest absolute Gasteiger partial charge is 0.419 e. The fraction of sp³-hybridized carbons (Fsp3) is 0.538. The van der Waals surface area contributed by atoms with Gasteiger partial charge in [-0.2, -0.15) is 13.2 Å². The molecule has 1 heterocycles. The predicted molar refractivity (Wildman–Crippen MR) is 132 cm³/mol. The lowest BCUT2D eigenvalue weighted by Gasteiger charge is -2.33. The van der Waals surface area contributed by atoms with Gasteiger partial charge in [0.2, 0.25) is 11.9 Å². The number of benzene rings is 1.